The topological polar surface area (TPSA) is 144 Å². The molecule has 152 valence electrons. The fraction of sp³-hybridized carbons (Fsp3) is 0.300. The summed E-state index contributed by atoms with van der Waals surface area (Å²) >= 11 is 0. The van der Waals surface area contributed by atoms with Crippen molar-refractivity contribution in [2.45, 2.75) is 13.8 Å². The lowest BCUT2D eigenvalue weighted by Crippen LogP contribution is -2.33. The van der Waals surface area contributed by atoms with Gasteiger partial charge in [-0.05, 0) is 24.6 Å². The highest BCUT2D eigenvalue weighted by molar-refractivity contribution is 6.06. The number of carbonyl (C=O) groups is 1. The second kappa shape index (κ2) is 8.27. The van der Waals surface area contributed by atoms with Gasteiger partial charge in [0.2, 0.25) is 10.9 Å². The fourth-order valence-electron chi connectivity index (χ4n) is 3.00. The van der Waals surface area contributed by atoms with Crippen LogP contribution in [0.5, 0.6) is 5.75 Å². The number of fused-ring (bicyclic) bond motifs is 2. The third-order valence-electron chi connectivity index (χ3n) is 4.41. The molecule has 0 bridgehead atoms. The van der Waals surface area contributed by atoms with E-state index in [0.717, 1.165) is 12.6 Å². The predicted molar refractivity (Wildman–Crippen MR) is 110 cm³/mol. The molecule has 0 fully saturated rings. The molecule has 29 heavy (non-hydrogen) atoms. The molecule has 9 nitrogen and oxygen atoms in total. The lowest BCUT2D eigenvalue weighted by molar-refractivity contribution is 0.0955. The zero-order valence-corrected chi connectivity index (χ0v) is 16.1. The number of hydrogen-bond acceptors (Lipinski definition) is 7. The molecule has 0 aliphatic rings. The maximum Gasteiger partial charge on any atom is 0.253 e. The van der Waals surface area contributed by atoms with Gasteiger partial charge in [-0.1, -0.05) is 13.8 Å². The molecule has 0 atom stereocenters. The third-order valence-corrected chi connectivity index (χ3v) is 4.41. The number of aliphatic hydroxyl groups excluding tert-OH is 1. The average Bonchev–Trinajstić information content (AvgIpc) is 2.67. The van der Waals surface area contributed by atoms with Crippen LogP contribution in [0.25, 0.3) is 28.3 Å². The Kier molecular flexibility index (Phi) is 5.79. The van der Waals surface area contributed by atoms with Gasteiger partial charge in [0.05, 0.1) is 22.6 Å². The smallest absolute Gasteiger partial charge is 0.253 e. The number of aromatic hydroxyl groups is 1. The lowest BCUT2D eigenvalue weighted by atomic mass is 10.1. The summed E-state index contributed by atoms with van der Waals surface area (Å²) in [6.45, 7) is 5.97. The summed E-state index contributed by atoms with van der Waals surface area (Å²) in [5.41, 5.74) is -0.933. The van der Waals surface area contributed by atoms with Crippen LogP contribution in [0, 0.1) is 5.92 Å². The van der Waals surface area contributed by atoms with Crippen molar-refractivity contribution >= 4 is 34.2 Å². The van der Waals surface area contributed by atoms with E-state index in [1.807, 2.05) is 0 Å². The number of aliphatic hydroxyl groups is 1. The van der Waals surface area contributed by atoms with Gasteiger partial charge >= 0.3 is 0 Å². The quantitative estimate of drug-likeness (QED) is 0.293. The van der Waals surface area contributed by atoms with Gasteiger partial charge in [-0.2, -0.15) is 0 Å². The van der Waals surface area contributed by atoms with Crippen LogP contribution in [0.1, 0.15) is 24.2 Å². The third kappa shape index (κ3) is 4.04. The highest BCUT2D eigenvalue weighted by Crippen LogP contribution is 2.15. The van der Waals surface area contributed by atoms with Crippen LogP contribution in [0.15, 0.2) is 27.8 Å². The first-order valence-corrected chi connectivity index (χ1v) is 9.19. The first-order valence-electron chi connectivity index (χ1n) is 9.19. The van der Waals surface area contributed by atoms with Crippen LogP contribution in [0.2, 0.25) is 0 Å². The molecule has 1 aromatic heterocycles. The van der Waals surface area contributed by atoms with E-state index in [4.69, 9.17) is 0 Å². The minimum absolute atomic E-state index is 0.0335. The summed E-state index contributed by atoms with van der Waals surface area (Å²) in [6, 6.07) is 3.51. The minimum atomic E-state index is -0.585. The second-order valence-corrected chi connectivity index (χ2v) is 7.09. The van der Waals surface area contributed by atoms with Crippen LogP contribution in [0.4, 0.5) is 0 Å². The molecule has 0 spiro atoms. The Morgan fingerprint density at radius 1 is 1.17 bits per heavy atom. The molecule has 0 saturated heterocycles. The van der Waals surface area contributed by atoms with Crippen molar-refractivity contribution in [3.8, 4) is 5.75 Å². The molecular weight excluding hydrogens is 376 g/mol. The Hall–Kier alpha value is -3.46. The lowest BCUT2D eigenvalue weighted by Gasteiger charge is -2.10. The Bertz CT molecular complexity index is 1250. The highest BCUT2D eigenvalue weighted by atomic mass is 16.3. The number of benzene rings is 2. The number of carbonyl (C=O) groups excluding carboxylic acids is 1. The van der Waals surface area contributed by atoms with Gasteiger partial charge < -0.3 is 25.8 Å². The number of phenols is 1. The SMILES string of the molecule is CC(C)CNCCNC(=O)c1ccc(=O)c2nc3c(=CO)c(O)cc(=O)c3[nH]c12. The molecule has 2 aromatic carbocycles. The molecule has 0 aliphatic carbocycles. The zero-order chi connectivity index (χ0) is 21.1. The van der Waals surface area contributed by atoms with E-state index in [0.29, 0.717) is 25.3 Å². The molecule has 0 saturated carbocycles. The number of H-pyrrole nitrogens is 1. The van der Waals surface area contributed by atoms with Crippen LogP contribution < -0.4 is 26.7 Å². The van der Waals surface area contributed by atoms with Crippen LogP contribution in [-0.2, 0) is 0 Å². The van der Waals surface area contributed by atoms with E-state index in [1.54, 1.807) is 0 Å². The van der Waals surface area contributed by atoms with Crippen molar-refractivity contribution in [3.05, 3.63) is 49.4 Å². The number of aromatic amines is 1. The number of hydrogen-bond donors (Lipinski definition) is 5. The summed E-state index contributed by atoms with van der Waals surface area (Å²) in [5.74, 6) is -0.380. The zero-order valence-electron chi connectivity index (χ0n) is 16.1. The highest BCUT2D eigenvalue weighted by Gasteiger charge is 2.16. The predicted octanol–water partition coefficient (Wildman–Crippen LogP) is 0.132. The maximum atomic E-state index is 12.6. The van der Waals surface area contributed by atoms with Crippen molar-refractivity contribution in [2.24, 2.45) is 5.92 Å². The van der Waals surface area contributed by atoms with E-state index in [-0.39, 0.29) is 32.8 Å². The summed E-state index contributed by atoms with van der Waals surface area (Å²) in [7, 11) is 0. The van der Waals surface area contributed by atoms with E-state index >= 15 is 0 Å². The summed E-state index contributed by atoms with van der Waals surface area (Å²) < 4.78 is 0. The number of aromatic nitrogens is 2. The Balaban J connectivity index is 2.05. The average molecular weight is 398 g/mol. The molecule has 3 aromatic rings. The fourth-order valence-corrected chi connectivity index (χ4v) is 3.00. The van der Waals surface area contributed by atoms with Crippen LogP contribution >= 0.6 is 0 Å². The van der Waals surface area contributed by atoms with Crippen LogP contribution in [-0.4, -0.2) is 45.7 Å². The first-order chi connectivity index (χ1) is 13.8. The van der Waals surface area contributed by atoms with Crippen molar-refractivity contribution < 1.29 is 15.0 Å². The normalized spacial score (nSPS) is 12.2. The van der Waals surface area contributed by atoms with Crippen molar-refractivity contribution in [3.63, 3.8) is 0 Å². The molecule has 0 radical (unpaired) electrons. The van der Waals surface area contributed by atoms with Gasteiger partial charge in [0, 0.05) is 19.2 Å². The molecule has 0 unspecified atom stereocenters. The largest absolute Gasteiger partial charge is 0.515 e. The van der Waals surface area contributed by atoms with Crippen molar-refractivity contribution in [1.29, 1.82) is 0 Å². The first kappa shape index (κ1) is 20.3. The summed E-state index contributed by atoms with van der Waals surface area (Å²) in [5, 5.41) is 25.1. The molecule has 9 heteroatoms. The standard InChI is InChI=1S/C20H22N4O5/c1-10(2)8-21-5-6-22-20(29)11-3-4-13(26)18-16(11)23-19-15(28)7-14(27)12(9-25)17(19)24-18/h3-4,7,9-10,21,23,25,27H,5-6,8H2,1-2H3,(H,22,29). The van der Waals surface area contributed by atoms with Crippen molar-refractivity contribution in [2.75, 3.05) is 19.6 Å². The maximum absolute atomic E-state index is 12.6. The summed E-state index contributed by atoms with van der Waals surface area (Å²) in [4.78, 5) is 44.1. The van der Waals surface area contributed by atoms with Gasteiger partial charge in [-0.3, -0.25) is 14.4 Å². The molecule has 1 heterocycles. The van der Waals surface area contributed by atoms with E-state index in [1.165, 1.54) is 12.1 Å². The Labute approximate surface area is 165 Å². The van der Waals surface area contributed by atoms with Gasteiger partial charge in [0.25, 0.3) is 5.91 Å². The van der Waals surface area contributed by atoms with E-state index in [9.17, 15) is 24.6 Å². The summed E-state index contributed by atoms with van der Waals surface area (Å²) in [6.07, 6.45) is 0.606. The Morgan fingerprint density at radius 3 is 2.62 bits per heavy atom. The van der Waals surface area contributed by atoms with Crippen LogP contribution in [0.3, 0.4) is 0 Å². The van der Waals surface area contributed by atoms with E-state index < -0.39 is 22.5 Å². The van der Waals surface area contributed by atoms with E-state index in [2.05, 4.69) is 34.4 Å². The molecule has 0 aliphatic heterocycles. The number of rotatable bonds is 6. The number of nitrogens with one attached hydrogen (secondary N) is 3. The minimum Gasteiger partial charge on any atom is -0.515 e. The number of nitrogens with zero attached hydrogens (tertiary/aromatic N) is 1. The second-order valence-electron chi connectivity index (χ2n) is 7.09. The number of phenolic OH excluding ortho intramolecular Hbond substituents is 1. The molecular formula is C20H22N4O5. The molecule has 3 rings (SSSR count). The Morgan fingerprint density at radius 2 is 1.93 bits per heavy atom. The van der Waals surface area contributed by atoms with Gasteiger partial charge in [0.15, 0.2) is 0 Å². The van der Waals surface area contributed by atoms with Crippen molar-refractivity contribution in [1.82, 2.24) is 20.6 Å². The number of amides is 1. The van der Waals surface area contributed by atoms with Gasteiger partial charge in [-0.25, -0.2) is 4.98 Å². The molecule has 5 N–H and O–H groups in total. The van der Waals surface area contributed by atoms with Gasteiger partial charge in [0.1, 0.15) is 22.3 Å². The molecule has 1 amide bonds. The van der Waals surface area contributed by atoms with Gasteiger partial charge in [-0.15, -0.1) is 0 Å². The monoisotopic (exact) mass is 398 g/mol.